The van der Waals surface area contributed by atoms with Crippen LogP contribution in [0.15, 0.2) is 22.7 Å². The van der Waals surface area contributed by atoms with Gasteiger partial charge in [-0.15, -0.1) is 0 Å². The van der Waals surface area contributed by atoms with Crippen LogP contribution < -0.4 is 10.6 Å². The molecule has 0 aromatic heterocycles. The van der Waals surface area contributed by atoms with E-state index in [1.807, 2.05) is 14.0 Å². The maximum absolute atomic E-state index is 11.8. The van der Waals surface area contributed by atoms with Crippen LogP contribution in [0.5, 0.6) is 0 Å². The molecular formula is C11H14BrClN2O. The molecule has 0 bridgehead atoms. The van der Waals surface area contributed by atoms with Gasteiger partial charge in [-0.1, -0.05) is 11.6 Å². The zero-order valence-electron chi connectivity index (χ0n) is 9.18. The molecule has 3 nitrogen and oxygen atoms in total. The minimum Gasteiger partial charge on any atom is -0.350 e. The van der Waals surface area contributed by atoms with E-state index in [1.165, 1.54) is 0 Å². The van der Waals surface area contributed by atoms with Crippen molar-refractivity contribution in [1.82, 2.24) is 10.6 Å². The van der Waals surface area contributed by atoms with Crippen molar-refractivity contribution in [2.24, 2.45) is 0 Å². The third-order valence-electron chi connectivity index (χ3n) is 2.24. The fraction of sp³-hybridized carbons (Fsp3) is 0.364. The lowest BCUT2D eigenvalue weighted by Gasteiger charge is -2.12. The Bertz CT molecular complexity index is 384. The van der Waals surface area contributed by atoms with Crippen LogP contribution in [-0.2, 0) is 0 Å². The highest BCUT2D eigenvalue weighted by Crippen LogP contribution is 2.21. The molecule has 2 N–H and O–H groups in total. The number of benzene rings is 1. The predicted molar refractivity (Wildman–Crippen MR) is 70.0 cm³/mol. The number of carbonyl (C=O) groups is 1. The van der Waals surface area contributed by atoms with Crippen molar-refractivity contribution in [1.29, 1.82) is 0 Å². The van der Waals surface area contributed by atoms with Crippen LogP contribution in [0.4, 0.5) is 0 Å². The van der Waals surface area contributed by atoms with Gasteiger partial charge >= 0.3 is 0 Å². The van der Waals surface area contributed by atoms with Crippen LogP contribution in [0, 0.1) is 0 Å². The summed E-state index contributed by atoms with van der Waals surface area (Å²) >= 11 is 9.11. The lowest BCUT2D eigenvalue weighted by molar-refractivity contribution is 0.0950. The summed E-state index contributed by atoms with van der Waals surface area (Å²) in [4.78, 5) is 11.8. The molecule has 0 aliphatic rings. The van der Waals surface area contributed by atoms with E-state index in [0.717, 1.165) is 0 Å². The normalized spacial score (nSPS) is 12.2. The van der Waals surface area contributed by atoms with E-state index in [0.29, 0.717) is 21.6 Å². The fourth-order valence-electron chi connectivity index (χ4n) is 1.12. The number of carbonyl (C=O) groups excluding carboxylic acids is 1. The largest absolute Gasteiger partial charge is 0.350 e. The first kappa shape index (κ1) is 13.5. The molecule has 0 aliphatic carbocycles. The number of hydrogen-bond donors (Lipinski definition) is 2. The summed E-state index contributed by atoms with van der Waals surface area (Å²) in [5.74, 6) is -0.106. The van der Waals surface area contributed by atoms with E-state index >= 15 is 0 Å². The zero-order valence-corrected chi connectivity index (χ0v) is 11.5. The molecule has 1 aromatic carbocycles. The Kier molecular flexibility index (Phi) is 5.25. The standard InChI is InChI=1S/C11H14BrClN2O/c1-7(14-2)6-15-11(16)9-4-3-8(13)5-10(9)12/h3-5,7,14H,6H2,1-2H3,(H,15,16). The van der Waals surface area contributed by atoms with E-state index in [4.69, 9.17) is 11.6 Å². The Hall–Kier alpha value is -0.580. The molecule has 0 saturated heterocycles. The van der Waals surface area contributed by atoms with Crippen molar-refractivity contribution in [2.45, 2.75) is 13.0 Å². The second-order valence-electron chi connectivity index (χ2n) is 3.52. The Morgan fingerprint density at radius 3 is 2.81 bits per heavy atom. The maximum atomic E-state index is 11.8. The first-order valence-corrected chi connectivity index (χ1v) is 6.12. The average Bonchev–Trinajstić information content (AvgIpc) is 2.25. The Morgan fingerprint density at radius 1 is 1.56 bits per heavy atom. The monoisotopic (exact) mass is 304 g/mol. The third-order valence-corrected chi connectivity index (χ3v) is 3.13. The highest BCUT2D eigenvalue weighted by Gasteiger charge is 2.10. The van der Waals surface area contributed by atoms with Gasteiger partial charge in [-0.05, 0) is 48.1 Å². The molecule has 0 heterocycles. The molecule has 0 saturated carbocycles. The van der Waals surface area contributed by atoms with Crippen LogP contribution in [0.2, 0.25) is 5.02 Å². The second-order valence-corrected chi connectivity index (χ2v) is 4.81. The summed E-state index contributed by atoms with van der Waals surface area (Å²) < 4.78 is 0.703. The van der Waals surface area contributed by atoms with Gasteiger partial charge in [0.25, 0.3) is 5.91 Å². The molecule has 0 radical (unpaired) electrons. The van der Waals surface area contributed by atoms with Gasteiger partial charge < -0.3 is 10.6 Å². The van der Waals surface area contributed by atoms with Gasteiger partial charge in [0.15, 0.2) is 0 Å². The highest BCUT2D eigenvalue weighted by molar-refractivity contribution is 9.10. The number of halogens is 2. The number of nitrogens with one attached hydrogen (secondary N) is 2. The van der Waals surface area contributed by atoms with Crippen molar-refractivity contribution >= 4 is 33.4 Å². The quantitative estimate of drug-likeness (QED) is 0.897. The molecule has 0 fully saturated rings. The maximum Gasteiger partial charge on any atom is 0.252 e. The summed E-state index contributed by atoms with van der Waals surface area (Å²) in [6.07, 6.45) is 0. The van der Waals surface area contributed by atoms with E-state index in [9.17, 15) is 4.79 Å². The summed E-state index contributed by atoms with van der Waals surface area (Å²) in [7, 11) is 1.86. The van der Waals surface area contributed by atoms with Crippen LogP contribution in [0.3, 0.4) is 0 Å². The van der Waals surface area contributed by atoms with Gasteiger partial charge in [-0.2, -0.15) is 0 Å². The highest BCUT2D eigenvalue weighted by atomic mass is 79.9. The molecular weight excluding hydrogens is 291 g/mol. The number of rotatable bonds is 4. The third kappa shape index (κ3) is 3.77. The minimum absolute atomic E-state index is 0.106. The van der Waals surface area contributed by atoms with E-state index < -0.39 is 0 Å². The Morgan fingerprint density at radius 2 is 2.25 bits per heavy atom. The van der Waals surface area contributed by atoms with Gasteiger partial charge in [-0.3, -0.25) is 4.79 Å². The lowest BCUT2D eigenvalue weighted by atomic mass is 10.2. The minimum atomic E-state index is -0.106. The molecule has 1 atom stereocenters. The Labute approximate surface area is 109 Å². The summed E-state index contributed by atoms with van der Waals surface area (Å²) in [6, 6.07) is 5.35. The van der Waals surface area contributed by atoms with Crippen molar-refractivity contribution in [2.75, 3.05) is 13.6 Å². The van der Waals surface area contributed by atoms with E-state index in [2.05, 4.69) is 26.6 Å². The lowest BCUT2D eigenvalue weighted by Crippen LogP contribution is -2.37. The number of likely N-dealkylation sites (N-methyl/N-ethyl adjacent to an activating group) is 1. The van der Waals surface area contributed by atoms with E-state index in [1.54, 1.807) is 18.2 Å². The topological polar surface area (TPSA) is 41.1 Å². The molecule has 16 heavy (non-hydrogen) atoms. The summed E-state index contributed by atoms with van der Waals surface area (Å²) in [5.41, 5.74) is 0.590. The first-order chi connectivity index (χ1) is 7.54. The van der Waals surface area contributed by atoms with Crippen molar-refractivity contribution < 1.29 is 4.79 Å². The number of hydrogen-bond acceptors (Lipinski definition) is 2. The molecule has 0 aliphatic heterocycles. The van der Waals surface area contributed by atoms with Gasteiger partial charge in [0.1, 0.15) is 0 Å². The van der Waals surface area contributed by atoms with Crippen LogP contribution in [0.1, 0.15) is 17.3 Å². The molecule has 88 valence electrons. The Balaban J connectivity index is 2.66. The van der Waals surface area contributed by atoms with Crippen LogP contribution in [-0.4, -0.2) is 25.5 Å². The molecule has 0 spiro atoms. The van der Waals surface area contributed by atoms with Crippen molar-refractivity contribution in [3.05, 3.63) is 33.3 Å². The summed E-state index contributed by atoms with van der Waals surface area (Å²) in [5, 5.41) is 6.49. The van der Waals surface area contributed by atoms with E-state index in [-0.39, 0.29) is 11.9 Å². The smallest absolute Gasteiger partial charge is 0.252 e. The van der Waals surface area contributed by atoms with Crippen LogP contribution >= 0.6 is 27.5 Å². The fourth-order valence-corrected chi connectivity index (χ4v) is 1.98. The van der Waals surface area contributed by atoms with Gasteiger partial charge in [0.05, 0.1) is 5.56 Å². The van der Waals surface area contributed by atoms with Gasteiger partial charge in [0, 0.05) is 22.1 Å². The average molecular weight is 306 g/mol. The van der Waals surface area contributed by atoms with Gasteiger partial charge in [0.2, 0.25) is 0 Å². The van der Waals surface area contributed by atoms with Crippen molar-refractivity contribution in [3.63, 3.8) is 0 Å². The molecule has 1 aromatic rings. The van der Waals surface area contributed by atoms with Gasteiger partial charge in [-0.25, -0.2) is 0 Å². The molecule has 1 rings (SSSR count). The predicted octanol–water partition coefficient (Wildman–Crippen LogP) is 2.44. The van der Waals surface area contributed by atoms with Crippen LogP contribution in [0.25, 0.3) is 0 Å². The zero-order chi connectivity index (χ0) is 12.1. The summed E-state index contributed by atoms with van der Waals surface area (Å²) in [6.45, 7) is 2.58. The molecule has 1 unspecified atom stereocenters. The second kappa shape index (κ2) is 6.23. The SMILES string of the molecule is CNC(C)CNC(=O)c1ccc(Cl)cc1Br. The first-order valence-electron chi connectivity index (χ1n) is 4.95. The van der Waals surface area contributed by atoms with Crippen molar-refractivity contribution in [3.8, 4) is 0 Å². The molecule has 1 amide bonds. The molecule has 5 heteroatoms. The number of amides is 1.